The van der Waals surface area contributed by atoms with Crippen molar-refractivity contribution in [2.75, 3.05) is 35.2 Å². The highest BCUT2D eigenvalue weighted by Gasteiger charge is 2.46. The van der Waals surface area contributed by atoms with E-state index in [0.717, 1.165) is 71.7 Å². The maximum absolute atomic E-state index is 14.4. The van der Waals surface area contributed by atoms with E-state index in [1.165, 1.54) is 4.90 Å². The number of rotatable bonds is 11. The van der Waals surface area contributed by atoms with Gasteiger partial charge < -0.3 is 41.3 Å². The number of likely N-dealkylation sites (tertiary alicyclic amines) is 1. The van der Waals surface area contributed by atoms with E-state index in [1.807, 2.05) is 95.0 Å². The van der Waals surface area contributed by atoms with E-state index >= 15 is 0 Å². The first-order valence-corrected chi connectivity index (χ1v) is 24.4. The number of piperazine rings is 1. The lowest BCUT2D eigenvalue weighted by Crippen LogP contribution is -2.58. The monoisotopic (exact) mass is 927 g/mol. The molecule has 1 saturated carbocycles. The van der Waals surface area contributed by atoms with Gasteiger partial charge in [0.2, 0.25) is 23.7 Å². The number of β-amino-alcohol motifs (C(OH)–C–C–N with tert-alkyl or cyclic N) is 1. The van der Waals surface area contributed by atoms with Crippen LogP contribution in [0.4, 0.5) is 17.5 Å². The first-order chi connectivity index (χ1) is 32.1. The number of hydrogen-bond acceptors (Lipinski definition) is 14. The van der Waals surface area contributed by atoms with Crippen LogP contribution in [0.2, 0.25) is 0 Å². The zero-order chi connectivity index (χ0) is 47.1. The van der Waals surface area contributed by atoms with Crippen molar-refractivity contribution in [2.45, 2.75) is 122 Å². The predicted octanol–water partition coefficient (Wildman–Crippen LogP) is 6.15. The number of anilines is 3. The summed E-state index contributed by atoms with van der Waals surface area (Å²) < 4.78 is 0. The minimum Gasteiger partial charge on any atom is -0.507 e. The number of aliphatic hydroxyl groups is 1. The lowest BCUT2D eigenvalue weighted by atomic mass is 9.78. The largest absolute Gasteiger partial charge is 0.507 e. The smallest absolute Gasteiger partial charge is 0.246 e. The third-order valence-corrected chi connectivity index (χ3v) is 15.3. The Hall–Kier alpha value is -6.20. The minimum atomic E-state index is -0.892. The number of nitrogens with two attached hydrogens (primary N) is 1. The number of fused-ring (bicyclic) bond motifs is 2. The Kier molecular flexibility index (Phi) is 12.9. The molecular formula is C50H61N11O5S. The third kappa shape index (κ3) is 9.53. The predicted molar refractivity (Wildman–Crippen MR) is 258 cm³/mol. The lowest BCUT2D eigenvalue weighted by Gasteiger charge is -2.42. The second-order valence-electron chi connectivity index (χ2n) is 19.9. The highest BCUT2D eigenvalue weighted by molar-refractivity contribution is 7.13. The van der Waals surface area contributed by atoms with E-state index < -0.39 is 23.6 Å². The second-order valence-corrected chi connectivity index (χ2v) is 20.8. The second kappa shape index (κ2) is 18.8. The molecular weight excluding hydrogens is 867 g/mol. The van der Waals surface area contributed by atoms with Crippen molar-refractivity contribution in [3.63, 3.8) is 0 Å². The van der Waals surface area contributed by atoms with Crippen molar-refractivity contribution in [1.82, 2.24) is 40.7 Å². The van der Waals surface area contributed by atoms with Gasteiger partial charge in [-0.05, 0) is 98.6 Å². The number of aromatic hydroxyl groups is 1. The summed E-state index contributed by atoms with van der Waals surface area (Å²) in [5.41, 5.74) is 13.5. The molecule has 1 aliphatic carbocycles. The molecule has 4 fully saturated rings. The van der Waals surface area contributed by atoms with E-state index in [9.17, 15) is 24.6 Å². The number of amides is 3. The van der Waals surface area contributed by atoms with Crippen LogP contribution in [0.1, 0.15) is 101 Å². The molecule has 67 heavy (non-hydrogen) atoms. The Morgan fingerprint density at radius 3 is 2.19 bits per heavy atom. The molecule has 3 aromatic heterocycles. The number of para-hydroxylation sites is 1. The summed E-state index contributed by atoms with van der Waals surface area (Å²) in [5, 5.41) is 35.9. The molecule has 5 aromatic rings. The van der Waals surface area contributed by atoms with Gasteiger partial charge in [0, 0.05) is 62.0 Å². The number of aryl methyl sites for hydroxylation is 1. The number of aliphatic hydroxyl groups excluding tert-OH is 1. The van der Waals surface area contributed by atoms with Crippen molar-refractivity contribution >= 4 is 46.5 Å². The fourth-order valence-electron chi connectivity index (χ4n) is 10.5. The van der Waals surface area contributed by atoms with E-state index in [4.69, 9.17) is 15.7 Å². The summed E-state index contributed by atoms with van der Waals surface area (Å²) >= 11 is 1.58. The van der Waals surface area contributed by atoms with Gasteiger partial charge in [-0.3, -0.25) is 14.4 Å². The van der Waals surface area contributed by atoms with Crippen LogP contribution in [0.25, 0.3) is 21.7 Å². The van der Waals surface area contributed by atoms with Crippen molar-refractivity contribution in [2.24, 2.45) is 11.3 Å². The number of hydrogen-bond donors (Lipinski definition) is 5. The molecule has 2 bridgehead atoms. The SMILES string of the molecule is Cc1ncsc1-c1ccc([C@H](C)NC(=O)[C@@H]2C[C@@H](O)CN2C(=O)[C@@H](NC(=O)C2CCC(c3cnc(N4C5CCC4CN(c4cc(-c6ccccc6O)nnc4N)C5)nc3)CC2)C(C)(C)C)cc1. The maximum atomic E-state index is 14.4. The van der Waals surface area contributed by atoms with Crippen LogP contribution >= 0.6 is 11.3 Å². The summed E-state index contributed by atoms with van der Waals surface area (Å²) in [7, 11) is 0. The molecule has 3 amide bonds. The van der Waals surface area contributed by atoms with Gasteiger partial charge in [0.15, 0.2) is 5.82 Å². The van der Waals surface area contributed by atoms with Crippen LogP contribution in [0, 0.1) is 18.3 Å². The van der Waals surface area contributed by atoms with E-state index in [1.54, 1.807) is 23.5 Å². The van der Waals surface area contributed by atoms with Gasteiger partial charge in [-0.1, -0.05) is 57.2 Å². The normalized spacial score (nSPS) is 23.8. The lowest BCUT2D eigenvalue weighted by molar-refractivity contribution is -0.144. The summed E-state index contributed by atoms with van der Waals surface area (Å²) in [6.07, 6.45) is 8.04. The number of nitrogens with zero attached hydrogens (tertiary/aromatic N) is 8. The molecule has 0 radical (unpaired) electrons. The standard InChI is InChI=1S/C50H61N11O5S/c1-28(30-10-14-32(15-11-30)43-29(2)54-27-67-43)55-47(65)41-20-37(62)26-60(41)48(66)44(50(3,4)5)56-46(64)33-16-12-31(13-17-33)34-22-52-49(53-23-34)61-35-18-19-36(61)25-59(24-35)40-21-39(57-58-45(40)51)38-8-6-7-9-42(38)63/h6-11,14-15,21-23,27-28,31,33,35-37,41,44,62-63H,12-13,16-20,24-26H2,1-5H3,(H2,51,58)(H,55,65)(H,56,64)/t28-,31?,33?,35?,36?,37+,41-,44+/m0/s1. The number of aromatic nitrogens is 5. The molecule has 2 aromatic carbocycles. The number of thiazole rings is 1. The number of nitrogens with one attached hydrogen (secondary N) is 2. The van der Waals surface area contributed by atoms with Crippen molar-refractivity contribution in [3.05, 3.63) is 89.3 Å². The van der Waals surface area contributed by atoms with Gasteiger partial charge in [0.1, 0.15) is 17.8 Å². The van der Waals surface area contributed by atoms with Gasteiger partial charge in [0.05, 0.1) is 39.6 Å². The summed E-state index contributed by atoms with van der Waals surface area (Å²) in [6.45, 7) is 11.1. The number of phenolic OH excluding ortho intramolecular Hbond substituents is 1. The van der Waals surface area contributed by atoms with E-state index in [0.29, 0.717) is 35.9 Å². The van der Waals surface area contributed by atoms with Crippen LogP contribution in [0.15, 0.2) is 72.5 Å². The Morgan fingerprint density at radius 1 is 0.866 bits per heavy atom. The quantitative estimate of drug-likeness (QED) is 0.101. The average Bonchev–Trinajstić information content (AvgIpc) is 4.01. The summed E-state index contributed by atoms with van der Waals surface area (Å²) in [5.74, 6) is 0.271. The van der Waals surface area contributed by atoms with Gasteiger partial charge in [-0.15, -0.1) is 21.5 Å². The van der Waals surface area contributed by atoms with Crippen LogP contribution in [0.5, 0.6) is 5.75 Å². The summed E-state index contributed by atoms with van der Waals surface area (Å²) in [4.78, 5) is 63.4. The van der Waals surface area contributed by atoms with E-state index in [-0.39, 0.29) is 66.4 Å². The zero-order valence-corrected chi connectivity index (χ0v) is 39.6. The fraction of sp³-hybridized carbons (Fsp3) is 0.480. The van der Waals surface area contributed by atoms with Gasteiger partial charge in [-0.25, -0.2) is 15.0 Å². The van der Waals surface area contributed by atoms with Crippen molar-refractivity contribution < 1.29 is 24.6 Å². The third-order valence-electron chi connectivity index (χ3n) is 14.3. The Morgan fingerprint density at radius 2 is 1.55 bits per heavy atom. The Labute approximate surface area is 395 Å². The maximum Gasteiger partial charge on any atom is 0.246 e. The number of carbonyl (C=O) groups is 3. The molecule has 9 rings (SSSR count). The number of phenols is 1. The van der Waals surface area contributed by atoms with Crippen molar-refractivity contribution in [3.8, 4) is 27.4 Å². The molecule has 3 aliphatic heterocycles. The molecule has 352 valence electrons. The minimum absolute atomic E-state index is 0.0152. The van der Waals surface area contributed by atoms with Crippen LogP contribution in [-0.4, -0.2) is 108 Å². The fourth-order valence-corrected chi connectivity index (χ4v) is 11.3. The molecule has 0 spiro atoms. The molecule has 3 saturated heterocycles. The highest BCUT2D eigenvalue weighted by Crippen LogP contribution is 2.40. The molecule has 16 nitrogen and oxygen atoms in total. The van der Waals surface area contributed by atoms with Gasteiger partial charge in [0.25, 0.3) is 0 Å². The molecule has 6 heterocycles. The number of carbonyl (C=O) groups excluding carboxylic acids is 3. The average molecular weight is 928 g/mol. The van der Waals surface area contributed by atoms with Gasteiger partial charge >= 0.3 is 0 Å². The molecule has 17 heteroatoms. The first-order valence-electron chi connectivity index (χ1n) is 23.5. The molecule has 4 aliphatic rings. The molecule has 2 unspecified atom stereocenters. The summed E-state index contributed by atoms with van der Waals surface area (Å²) in [6, 6.07) is 15.3. The van der Waals surface area contributed by atoms with Crippen LogP contribution in [-0.2, 0) is 14.4 Å². The topological polar surface area (TPSA) is 216 Å². The Bertz CT molecular complexity index is 2580. The number of nitrogen functional groups attached to an aromatic ring is 1. The first kappa shape index (κ1) is 45.9. The number of benzene rings is 2. The van der Waals surface area contributed by atoms with Crippen LogP contribution in [0.3, 0.4) is 0 Å². The Balaban J connectivity index is 0.787. The van der Waals surface area contributed by atoms with Crippen molar-refractivity contribution in [1.29, 1.82) is 0 Å². The molecule has 6 atom stereocenters. The van der Waals surface area contributed by atoms with Gasteiger partial charge in [-0.2, -0.15) is 0 Å². The highest BCUT2D eigenvalue weighted by atomic mass is 32.1. The van der Waals surface area contributed by atoms with Crippen LogP contribution < -0.4 is 26.2 Å². The molecule has 6 N–H and O–H groups in total. The zero-order valence-electron chi connectivity index (χ0n) is 38.8. The van der Waals surface area contributed by atoms with E-state index in [2.05, 4.69) is 35.6 Å².